The molecule has 190 valence electrons. The summed E-state index contributed by atoms with van der Waals surface area (Å²) in [6, 6.07) is 25.1. The summed E-state index contributed by atoms with van der Waals surface area (Å²) in [5.74, 6) is 1.17. The number of rotatable bonds is 12. The van der Waals surface area contributed by atoms with E-state index in [0.717, 1.165) is 16.9 Å². The van der Waals surface area contributed by atoms with Crippen LogP contribution in [0, 0.1) is 12.8 Å². The van der Waals surface area contributed by atoms with Crippen LogP contribution in [0.5, 0.6) is 0 Å². The highest BCUT2D eigenvalue weighted by molar-refractivity contribution is 7.99. The lowest BCUT2D eigenvalue weighted by molar-refractivity contribution is -0.139. The van der Waals surface area contributed by atoms with Gasteiger partial charge in [-0.15, -0.1) is 11.8 Å². The number of hydrogen-bond acceptors (Lipinski definition) is 3. The van der Waals surface area contributed by atoms with Gasteiger partial charge in [0.2, 0.25) is 11.8 Å². The molecule has 3 rings (SSSR count). The number of hydrogen-bond donors (Lipinski definition) is 1. The quantitative estimate of drug-likeness (QED) is 0.304. The molecule has 0 radical (unpaired) electrons. The minimum atomic E-state index is -0.616. The fourth-order valence-corrected chi connectivity index (χ4v) is 4.78. The number of benzene rings is 3. The topological polar surface area (TPSA) is 49.4 Å². The largest absolute Gasteiger partial charge is 0.354 e. The van der Waals surface area contributed by atoms with E-state index in [1.807, 2.05) is 54.6 Å². The molecule has 0 aromatic heterocycles. The molecular formula is C30H35ClN2O2S. The van der Waals surface area contributed by atoms with Crippen molar-refractivity contribution in [2.24, 2.45) is 5.92 Å². The zero-order valence-corrected chi connectivity index (χ0v) is 22.8. The van der Waals surface area contributed by atoms with Gasteiger partial charge in [0.15, 0.2) is 0 Å². The van der Waals surface area contributed by atoms with Crippen LogP contribution in [0.2, 0.25) is 5.02 Å². The summed E-state index contributed by atoms with van der Waals surface area (Å²) in [4.78, 5) is 28.8. The van der Waals surface area contributed by atoms with Crippen molar-refractivity contribution in [3.05, 3.63) is 106 Å². The van der Waals surface area contributed by atoms with Crippen molar-refractivity contribution in [2.45, 2.75) is 45.5 Å². The second-order valence-corrected chi connectivity index (χ2v) is 10.9. The highest BCUT2D eigenvalue weighted by Crippen LogP contribution is 2.20. The molecule has 0 saturated heterocycles. The molecule has 1 unspecified atom stereocenters. The first kappa shape index (κ1) is 27.8. The second kappa shape index (κ2) is 14.1. The van der Waals surface area contributed by atoms with E-state index in [-0.39, 0.29) is 11.8 Å². The summed E-state index contributed by atoms with van der Waals surface area (Å²) in [6.07, 6.45) is 0.451. The first-order chi connectivity index (χ1) is 17.3. The van der Waals surface area contributed by atoms with Crippen LogP contribution in [0.15, 0.2) is 78.9 Å². The average molecular weight is 523 g/mol. The van der Waals surface area contributed by atoms with E-state index in [2.05, 4.69) is 50.4 Å². The van der Waals surface area contributed by atoms with Crippen LogP contribution < -0.4 is 5.32 Å². The fourth-order valence-electron chi connectivity index (χ4n) is 3.79. The lowest BCUT2D eigenvalue weighted by atomic mass is 10.0. The first-order valence-electron chi connectivity index (χ1n) is 12.3. The number of carbonyl (C=O) groups is 2. The predicted octanol–water partition coefficient (Wildman–Crippen LogP) is 6.29. The average Bonchev–Trinajstić information content (AvgIpc) is 2.87. The molecule has 0 aliphatic carbocycles. The van der Waals surface area contributed by atoms with Crippen LogP contribution in [0.4, 0.5) is 0 Å². The molecule has 0 fully saturated rings. The van der Waals surface area contributed by atoms with Crippen molar-refractivity contribution < 1.29 is 9.59 Å². The smallest absolute Gasteiger partial charge is 0.243 e. The van der Waals surface area contributed by atoms with Crippen molar-refractivity contribution in [3.8, 4) is 0 Å². The maximum atomic E-state index is 13.6. The molecule has 1 N–H and O–H groups in total. The highest BCUT2D eigenvalue weighted by Gasteiger charge is 2.30. The molecule has 2 amide bonds. The molecule has 0 aliphatic heterocycles. The van der Waals surface area contributed by atoms with Gasteiger partial charge in [0.25, 0.3) is 0 Å². The van der Waals surface area contributed by atoms with Gasteiger partial charge in [-0.3, -0.25) is 9.59 Å². The molecule has 0 spiro atoms. The van der Waals surface area contributed by atoms with E-state index in [4.69, 9.17) is 11.6 Å². The highest BCUT2D eigenvalue weighted by atomic mass is 35.5. The van der Waals surface area contributed by atoms with E-state index < -0.39 is 6.04 Å². The lowest BCUT2D eigenvalue weighted by Gasteiger charge is -2.32. The SMILES string of the molecule is Cc1ccc(CSCC(=O)N(Cc2ccc(Cl)cc2)C(Cc2ccccc2)C(=O)NCC(C)C)cc1. The number of nitrogens with one attached hydrogen (secondary N) is 1. The monoisotopic (exact) mass is 522 g/mol. The van der Waals surface area contributed by atoms with Crippen LogP contribution in [0.25, 0.3) is 0 Å². The Kier molecular flexibility index (Phi) is 10.9. The van der Waals surface area contributed by atoms with E-state index in [1.165, 1.54) is 11.1 Å². The van der Waals surface area contributed by atoms with E-state index in [1.54, 1.807) is 16.7 Å². The normalized spacial score (nSPS) is 11.8. The Morgan fingerprint density at radius 2 is 1.53 bits per heavy atom. The molecule has 36 heavy (non-hydrogen) atoms. The molecular weight excluding hydrogens is 488 g/mol. The lowest BCUT2D eigenvalue weighted by Crippen LogP contribution is -2.51. The van der Waals surface area contributed by atoms with Gasteiger partial charge in [-0.05, 0) is 41.7 Å². The number of nitrogens with zero attached hydrogens (tertiary/aromatic N) is 1. The minimum Gasteiger partial charge on any atom is -0.354 e. The van der Waals surface area contributed by atoms with Gasteiger partial charge in [0.05, 0.1) is 5.75 Å². The summed E-state index contributed by atoms with van der Waals surface area (Å²) in [6.45, 7) is 7.09. The van der Waals surface area contributed by atoms with Crippen molar-refractivity contribution in [1.82, 2.24) is 10.2 Å². The van der Waals surface area contributed by atoms with Gasteiger partial charge in [0, 0.05) is 30.3 Å². The molecule has 6 heteroatoms. The maximum absolute atomic E-state index is 13.6. The van der Waals surface area contributed by atoms with Crippen molar-refractivity contribution in [2.75, 3.05) is 12.3 Å². The summed E-state index contributed by atoms with van der Waals surface area (Å²) in [5.41, 5.74) is 4.35. The summed E-state index contributed by atoms with van der Waals surface area (Å²) >= 11 is 7.66. The van der Waals surface area contributed by atoms with E-state index >= 15 is 0 Å². The number of carbonyl (C=O) groups excluding carboxylic acids is 2. The second-order valence-electron chi connectivity index (χ2n) is 9.47. The van der Waals surface area contributed by atoms with Crippen LogP contribution in [0.3, 0.4) is 0 Å². The number of halogens is 1. The number of thioether (sulfide) groups is 1. The molecule has 4 nitrogen and oxygen atoms in total. The molecule has 0 bridgehead atoms. The Hall–Kier alpha value is -2.76. The molecule has 0 saturated carbocycles. The Morgan fingerprint density at radius 1 is 0.889 bits per heavy atom. The third-order valence-corrected chi connectivity index (χ3v) is 7.08. The summed E-state index contributed by atoms with van der Waals surface area (Å²) < 4.78 is 0. The van der Waals surface area contributed by atoms with Crippen LogP contribution in [-0.2, 0) is 28.3 Å². The van der Waals surface area contributed by atoms with Gasteiger partial charge in [0.1, 0.15) is 6.04 Å². The predicted molar refractivity (Wildman–Crippen MR) is 151 cm³/mol. The van der Waals surface area contributed by atoms with Crippen molar-refractivity contribution in [3.63, 3.8) is 0 Å². The molecule has 3 aromatic rings. The van der Waals surface area contributed by atoms with Crippen LogP contribution >= 0.6 is 23.4 Å². The van der Waals surface area contributed by atoms with Crippen molar-refractivity contribution in [1.29, 1.82) is 0 Å². The summed E-state index contributed by atoms with van der Waals surface area (Å²) in [7, 11) is 0. The van der Waals surface area contributed by atoms with E-state index in [9.17, 15) is 9.59 Å². The Bertz CT molecular complexity index is 1100. The zero-order chi connectivity index (χ0) is 25.9. The third kappa shape index (κ3) is 9.03. The molecule has 1 atom stereocenters. The van der Waals surface area contributed by atoms with Crippen LogP contribution in [0.1, 0.15) is 36.1 Å². The Labute approximate surface area is 224 Å². The van der Waals surface area contributed by atoms with Crippen molar-refractivity contribution >= 4 is 35.2 Å². The first-order valence-corrected chi connectivity index (χ1v) is 13.8. The molecule has 3 aromatic carbocycles. The van der Waals surface area contributed by atoms with Crippen LogP contribution in [-0.4, -0.2) is 35.1 Å². The number of amides is 2. The zero-order valence-electron chi connectivity index (χ0n) is 21.2. The van der Waals surface area contributed by atoms with Gasteiger partial charge in [-0.2, -0.15) is 0 Å². The Morgan fingerprint density at radius 3 is 2.17 bits per heavy atom. The van der Waals surface area contributed by atoms with Gasteiger partial charge in [-0.1, -0.05) is 97.7 Å². The number of aryl methyl sites for hydroxylation is 1. The van der Waals surface area contributed by atoms with Gasteiger partial charge < -0.3 is 10.2 Å². The minimum absolute atomic E-state index is 0.0531. The standard InChI is InChI=1S/C30H35ClN2O2S/c1-22(2)18-32-30(35)28(17-24-7-5-4-6-8-24)33(19-25-13-15-27(31)16-14-25)29(34)21-36-20-26-11-9-23(3)10-12-26/h4-16,22,28H,17-21H2,1-3H3,(H,32,35). The van der Waals surface area contributed by atoms with E-state index in [0.29, 0.717) is 36.2 Å². The third-order valence-electron chi connectivity index (χ3n) is 5.84. The fraction of sp³-hybridized carbons (Fsp3) is 0.333. The molecule has 0 aliphatic rings. The summed E-state index contributed by atoms with van der Waals surface area (Å²) in [5, 5.41) is 3.70. The Balaban J connectivity index is 1.82. The van der Waals surface area contributed by atoms with Gasteiger partial charge in [-0.25, -0.2) is 0 Å². The molecule has 0 heterocycles. The van der Waals surface area contributed by atoms with Gasteiger partial charge >= 0.3 is 0 Å². The maximum Gasteiger partial charge on any atom is 0.243 e.